The Morgan fingerprint density at radius 3 is 2.67 bits per heavy atom. The van der Waals surface area contributed by atoms with Crippen molar-refractivity contribution in [1.82, 2.24) is 0 Å². The second kappa shape index (κ2) is 6.24. The summed E-state index contributed by atoms with van der Waals surface area (Å²) in [5.74, 6) is 0.103. The zero-order chi connectivity index (χ0) is 15.6. The molecule has 21 heavy (non-hydrogen) atoms. The maximum absolute atomic E-state index is 12.3. The number of hydrogen-bond donors (Lipinski definition) is 2. The molecule has 1 amide bonds. The molecule has 0 spiro atoms. The molecule has 2 aromatic carbocycles. The minimum absolute atomic E-state index is 0.222. The lowest BCUT2D eigenvalue weighted by molar-refractivity contribution is 0.102. The highest BCUT2D eigenvalue weighted by atomic mass is 35.5. The van der Waals surface area contributed by atoms with Gasteiger partial charge in [-0.25, -0.2) is 0 Å². The quantitative estimate of drug-likeness (QED) is 0.834. The molecule has 0 saturated heterocycles. The number of carbonyl (C=O) groups is 1. The van der Waals surface area contributed by atoms with Gasteiger partial charge >= 0.3 is 0 Å². The molecule has 2 aromatic rings. The van der Waals surface area contributed by atoms with Crippen LogP contribution in [0.15, 0.2) is 30.3 Å². The van der Waals surface area contributed by atoms with Crippen LogP contribution in [0.3, 0.4) is 0 Å². The molecule has 0 aliphatic heterocycles. The summed E-state index contributed by atoms with van der Waals surface area (Å²) in [5, 5.41) is 3.54. The van der Waals surface area contributed by atoms with Crippen LogP contribution in [0.4, 0.5) is 11.4 Å². The van der Waals surface area contributed by atoms with Crippen LogP contribution in [0.5, 0.6) is 5.75 Å². The molecular formula is C15H14Cl2N2O2. The van der Waals surface area contributed by atoms with Gasteiger partial charge in [-0.1, -0.05) is 29.3 Å². The molecule has 0 radical (unpaired) electrons. The van der Waals surface area contributed by atoms with Gasteiger partial charge in [-0.2, -0.15) is 0 Å². The Bertz CT molecular complexity index is 702. The summed E-state index contributed by atoms with van der Waals surface area (Å²) in [4.78, 5) is 12.3. The van der Waals surface area contributed by atoms with Gasteiger partial charge in [-0.05, 0) is 30.7 Å². The standard InChI is InChI=1S/C15H14Cl2N2O2/c1-8-6-12(13(21-2)7-10(8)16)19-15(20)9-4-3-5-11(18)14(9)17/h3-7H,18H2,1-2H3,(H,19,20). The Morgan fingerprint density at radius 2 is 2.00 bits per heavy atom. The fourth-order valence-corrected chi connectivity index (χ4v) is 2.21. The number of benzene rings is 2. The van der Waals surface area contributed by atoms with Crippen LogP contribution in [0.25, 0.3) is 0 Å². The first-order valence-electron chi connectivity index (χ1n) is 6.13. The molecule has 6 heteroatoms. The van der Waals surface area contributed by atoms with E-state index in [4.69, 9.17) is 33.7 Å². The third kappa shape index (κ3) is 3.23. The molecule has 0 fully saturated rings. The third-order valence-electron chi connectivity index (χ3n) is 3.00. The molecule has 0 aromatic heterocycles. The van der Waals surface area contributed by atoms with Crippen molar-refractivity contribution in [2.75, 3.05) is 18.2 Å². The lowest BCUT2D eigenvalue weighted by atomic mass is 10.1. The normalized spacial score (nSPS) is 10.3. The van der Waals surface area contributed by atoms with E-state index in [0.29, 0.717) is 27.7 Å². The second-order valence-corrected chi connectivity index (χ2v) is 5.25. The molecule has 0 bridgehead atoms. The maximum Gasteiger partial charge on any atom is 0.257 e. The van der Waals surface area contributed by atoms with Crippen LogP contribution in [0.1, 0.15) is 15.9 Å². The smallest absolute Gasteiger partial charge is 0.257 e. The molecule has 4 nitrogen and oxygen atoms in total. The van der Waals surface area contributed by atoms with E-state index in [9.17, 15) is 4.79 Å². The molecule has 0 saturated carbocycles. The number of amides is 1. The summed E-state index contributed by atoms with van der Waals surface area (Å²) in [6, 6.07) is 8.28. The topological polar surface area (TPSA) is 64.3 Å². The highest BCUT2D eigenvalue weighted by Gasteiger charge is 2.15. The van der Waals surface area contributed by atoms with Crippen molar-refractivity contribution in [3.8, 4) is 5.75 Å². The molecule has 2 rings (SSSR count). The van der Waals surface area contributed by atoms with Gasteiger partial charge in [0, 0.05) is 11.1 Å². The van der Waals surface area contributed by atoms with Crippen LogP contribution in [0.2, 0.25) is 10.0 Å². The fourth-order valence-electron chi connectivity index (χ4n) is 1.84. The molecule has 110 valence electrons. The first-order chi connectivity index (χ1) is 9.93. The average molecular weight is 325 g/mol. The lowest BCUT2D eigenvalue weighted by Crippen LogP contribution is -2.14. The van der Waals surface area contributed by atoms with Gasteiger partial charge in [0.2, 0.25) is 0 Å². The number of carbonyl (C=O) groups excluding carboxylic acids is 1. The summed E-state index contributed by atoms with van der Waals surface area (Å²) in [5.41, 5.74) is 7.69. The monoisotopic (exact) mass is 324 g/mol. The first kappa shape index (κ1) is 15.5. The van der Waals surface area contributed by atoms with Gasteiger partial charge in [0.25, 0.3) is 5.91 Å². The zero-order valence-electron chi connectivity index (χ0n) is 11.5. The number of nitrogen functional groups attached to an aromatic ring is 1. The molecular weight excluding hydrogens is 311 g/mol. The predicted octanol–water partition coefficient (Wildman–Crippen LogP) is 4.14. The van der Waals surface area contributed by atoms with Gasteiger partial charge in [0.15, 0.2) is 0 Å². The van der Waals surface area contributed by atoms with Crippen LogP contribution < -0.4 is 15.8 Å². The van der Waals surface area contributed by atoms with Gasteiger partial charge in [0.1, 0.15) is 5.75 Å². The number of anilines is 2. The van der Waals surface area contributed by atoms with Crippen molar-refractivity contribution >= 4 is 40.5 Å². The van der Waals surface area contributed by atoms with Crippen molar-refractivity contribution in [3.05, 3.63) is 51.5 Å². The van der Waals surface area contributed by atoms with Crippen LogP contribution in [-0.4, -0.2) is 13.0 Å². The number of ether oxygens (including phenoxy) is 1. The molecule has 0 unspecified atom stereocenters. The number of nitrogens with one attached hydrogen (secondary N) is 1. The summed E-state index contributed by atoms with van der Waals surface area (Å²) < 4.78 is 5.22. The van der Waals surface area contributed by atoms with Crippen molar-refractivity contribution < 1.29 is 9.53 Å². The molecule has 0 atom stereocenters. The first-order valence-corrected chi connectivity index (χ1v) is 6.89. The summed E-state index contributed by atoms with van der Waals surface area (Å²) in [6.45, 7) is 1.84. The summed E-state index contributed by atoms with van der Waals surface area (Å²) in [6.07, 6.45) is 0. The number of aryl methyl sites for hydroxylation is 1. The SMILES string of the molecule is COc1cc(Cl)c(C)cc1NC(=O)c1cccc(N)c1Cl. The van der Waals surface area contributed by atoms with E-state index < -0.39 is 0 Å². The predicted molar refractivity (Wildman–Crippen MR) is 86.6 cm³/mol. The van der Waals surface area contributed by atoms with E-state index in [1.54, 1.807) is 30.3 Å². The third-order valence-corrected chi connectivity index (χ3v) is 3.83. The fraction of sp³-hybridized carbons (Fsp3) is 0.133. The largest absolute Gasteiger partial charge is 0.495 e. The Kier molecular flexibility index (Phi) is 4.60. The minimum Gasteiger partial charge on any atom is -0.495 e. The van der Waals surface area contributed by atoms with Crippen LogP contribution in [-0.2, 0) is 0 Å². The minimum atomic E-state index is -0.368. The average Bonchev–Trinajstić information content (AvgIpc) is 2.45. The van der Waals surface area contributed by atoms with E-state index in [1.807, 2.05) is 6.92 Å². The van der Waals surface area contributed by atoms with E-state index in [-0.39, 0.29) is 10.9 Å². The Hall–Kier alpha value is -1.91. The number of halogens is 2. The van der Waals surface area contributed by atoms with E-state index in [1.165, 1.54) is 7.11 Å². The molecule has 3 N–H and O–H groups in total. The van der Waals surface area contributed by atoms with Gasteiger partial charge in [-0.15, -0.1) is 0 Å². The Balaban J connectivity index is 2.36. The zero-order valence-corrected chi connectivity index (χ0v) is 13.0. The van der Waals surface area contributed by atoms with E-state index in [0.717, 1.165) is 5.56 Å². The van der Waals surface area contributed by atoms with Crippen LogP contribution >= 0.6 is 23.2 Å². The van der Waals surface area contributed by atoms with Crippen molar-refractivity contribution in [2.24, 2.45) is 0 Å². The molecule has 0 heterocycles. The van der Waals surface area contributed by atoms with Gasteiger partial charge in [-0.3, -0.25) is 4.79 Å². The number of methoxy groups -OCH3 is 1. The highest BCUT2D eigenvalue weighted by Crippen LogP contribution is 2.32. The number of nitrogens with two attached hydrogens (primary N) is 1. The molecule has 0 aliphatic rings. The number of hydrogen-bond acceptors (Lipinski definition) is 3. The van der Waals surface area contributed by atoms with Gasteiger partial charge < -0.3 is 15.8 Å². The van der Waals surface area contributed by atoms with Gasteiger partial charge in [0.05, 0.1) is 29.1 Å². The summed E-state index contributed by atoms with van der Waals surface area (Å²) in [7, 11) is 1.50. The second-order valence-electron chi connectivity index (χ2n) is 4.46. The lowest BCUT2D eigenvalue weighted by Gasteiger charge is -2.13. The highest BCUT2D eigenvalue weighted by molar-refractivity contribution is 6.36. The van der Waals surface area contributed by atoms with Crippen molar-refractivity contribution in [2.45, 2.75) is 6.92 Å². The van der Waals surface area contributed by atoms with E-state index >= 15 is 0 Å². The summed E-state index contributed by atoms with van der Waals surface area (Å²) >= 11 is 12.1. The number of rotatable bonds is 3. The van der Waals surface area contributed by atoms with Crippen molar-refractivity contribution in [3.63, 3.8) is 0 Å². The Morgan fingerprint density at radius 1 is 1.29 bits per heavy atom. The van der Waals surface area contributed by atoms with Crippen molar-refractivity contribution in [1.29, 1.82) is 0 Å². The maximum atomic E-state index is 12.3. The van der Waals surface area contributed by atoms with E-state index in [2.05, 4.69) is 5.32 Å². The molecule has 0 aliphatic carbocycles. The van der Waals surface area contributed by atoms with Crippen LogP contribution in [0, 0.1) is 6.92 Å². The Labute approximate surface area is 132 Å².